The Kier molecular flexibility index (Phi) is 3.22. The van der Waals surface area contributed by atoms with Crippen LogP contribution in [0.25, 0.3) is 0 Å². The van der Waals surface area contributed by atoms with E-state index in [9.17, 15) is 0 Å². The molecule has 0 bridgehead atoms. The third-order valence-electron chi connectivity index (χ3n) is 3.69. The molecule has 1 heterocycles. The Morgan fingerprint density at radius 3 is 2.50 bits per heavy atom. The van der Waals surface area contributed by atoms with Crippen molar-refractivity contribution in [2.45, 2.75) is 45.1 Å². The lowest BCUT2D eigenvalue weighted by Gasteiger charge is -2.36. The summed E-state index contributed by atoms with van der Waals surface area (Å²) in [5.41, 5.74) is 5.66. The number of aryl methyl sites for hydroxylation is 1. The predicted octanol–water partition coefficient (Wildman–Crippen LogP) is 3.09. The average molecular weight is 240 g/mol. The van der Waals surface area contributed by atoms with Crippen molar-refractivity contribution in [3.63, 3.8) is 0 Å². The Labute approximate surface area is 101 Å². The highest BCUT2D eigenvalue weighted by atomic mass is 32.1. The number of nitrogen functional groups attached to an aromatic ring is 1. The van der Waals surface area contributed by atoms with Crippen LogP contribution < -0.4 is 5.73 Å². The normalized spacial score (nSPS) is 30.6. The summed E-state index contributed by atoms with van der Waals surface area (Å²) in [5, 5.41) is 1.07. The summed E-state index contributed by atoms with van der Waals surface area (Å²) in [5.74, 6) is 1.47. The Morgan fingerprint density at radius 1 is 1.44 bits per heavy atom. The van der Waals surface area contributed by atoms with Crippen LogP contribution in [0, 0.1) is 12.8 Å². The maximum Gasteiger partial charge on any atom is 0.137 e. The number of anilines is 1. The molecule has 90 valence electrons. The van der Waals surface area contributed by atoms with Gasteiger partial charge in [0.05, 0.1) is 0 Å². The van der Waals surface area contributed by atoms with Crippen LogP contribution in [0.4, 0.5) is 5.82 Å². The van der Waals surface area contributed by atoms with Crippen molar-refractivity contribution in [3.05, 3.63) is 9.88 Å². The van der Waals surface area contributed by atoms with Gasteiger partial charge >= 0.3 is 0 Å². The average Bonchev–Trinajstić information content (AvgIpc) is 2.61. The standard InChI is InChI=1S/C12H20N2OS/c1-8-4-6-12(15-3,7-5-8)11-14-10(13)9(2)16-11/h8H,4-7,13H2,1-3H3. The molecule has 2 rings (SSSR count). The Hall–Kier alpha value is -0.610. The van der Waals surface area contributed by atoms with Crippen molar-refractivity contribution in [1.82, 2.24) is 4.98 Å². The molecule has 0 atom stereocenters. The molecule has 1 fully saturated rings. The fraction of sp³-hybridized carbons (Fsp3) is 0.750. The molecule has 1 aromatic rings. The number of rotatable bonds is 2. The van der Waals surface area contributed by atoms with Crippen LogP contribution in [0.2, 0.25) is 0 Å². The van der Waals surface area contributed by atoms with Crippen LogP contribution in [0.1, 0.15) is 42.5 Å². The van der Waals surface area contributed by atoms with Gasteiger partial charge in [-0.25, -0.2) is 4.98 Å². The first-order chi connectivity index (χ1) is 7.57. The number of ether oxygens (including phenoxy) is 1. The summed E-state index contributed by atoms with van der Waals surface area (Å²) < 4.78 is 5.77. The van der Waals surface area contributed by atoms with Gasteiger partial charge in [0.2, 0.25) is 0 Å². The van der Waals surface area contributed by atoms with Crippen molar-refractivity contribution >= 4 is 17.2 Å². The molecule has 3 nitrogen and oxygen atoms in total. The number of nitrogens with two attached hydrogens (primary N) is 1. The quantitative estimate of drug-likeness (QED) is 0.864. The molecule has 1 aliphatic rings. The van der Waals surface area contributed by atoms with Gasteiger partial charge in [-0.05, 0) is 38.5 Å². The van der Waals surface area contributed by atoms with Crippen LogP contribution >= 0.6 is 11.3 Å². The zero-order chi connectivity index (χ0) is 11.8. The lowest BCUT2D eigenvalue weighted by molar-refractivity contribution is -0.0530. The fourth-order valence-corrected chi connectivity index (χ4v) is 3.39. The minimum atomic E-state index is -0.167. The highest BCUT2D eigenvalue weighted by molar-refractivity contribution is 7.12. The number of hydrogen-bond acceptors (Lipinski definition) is 4. The molecule has 1 aliphatic carbocycles. The molecule has 0 aliphatic heterocycles. The molecule has 1 saturated carbocycles. The van der Waals surface area contributed by atoms with E-state index in [0.29, 0.717) is 5.82 Å². The smallest absolute Gasteiger partial charge is 0.137 e. The molecular formula is C12H20N2OS. The van der Waals surface area contributed by atoms with Gasteiger partial charge in [-0.15, -0.1) is 11.3 Å². The fourth-order valence-electron chi connectivity index (χ4n) is 2.34. The summed E-state index contributed by atoms with van der Waals surface area (Å²) in [6.45, 7) is 4.33. The van der Waals surface area contributed by atoms with E-state index < -0.39 is 0 Å². The van der Waals surface area contributed by atoms with Crippen molar-refractivity contribution in [3.8, 4) is 0 Å². The summed E-state index contributed by atoms with van der Waals surface area (Å²) in [4.78, 5) is 5.58. The van der Waals surface area contributed by atoms with E-state index in [1.165, 1.54) is 12.8 Å². The molecule has 0 spiro atoms. The first kappa shape index (κ1) is 11.9. The van der Waals surface area contributed by atoms with Crippen molar-refractivity contribution < 1.29 is 4.74 Å². The Morgan fingerprint density at radius 2 is 2.06 bits per heavy atom. The first-order valence-corrected chi connectivity index (χ1v) is 6.67. The third kappa shape index (κ3) is 1.96. The number of nitrogens with zero attached hydrogens (tertiary/aromatic N) is 1. The van der Waals surface area contributed by atoms with E-state index in [1.54, 1.807) is 18.4 Å². The minimum Gasteiger partial charge on any atom is -0.383 e. The third-order valence-corrected chi connectivity index (χ3v) is 4.87. The van der Waals surface area contributed by atoms with E-state index in [-0.39, 0.29) is 5.60 Å². The van der Waals surface area contributed by atoms with E-state index in [0.717, 1.165) is 28.6 Å². The number of hydrogen-bond donors (Lipinski definition) is 1. The van der Waals surface area contributed by atoms with Gasteiger partial charge in [0, 0.05) is 12.0 Å². The van der Waals surface area contributed by atoms with Crippen LogP contribution in [-0.2, 0) is 10.3 Å². The summed E-state index contributed by atoms with van der Waals surface area (Å²) in [6.07, 6.45) is 4.56. The highest BCUT2D eigenvalue weighted by Gasteiger charge is 2.38. The molecule has 0 radical (unpaired) electrons. The minimum absolute atomic E-state index is 0.167. The lowest BCUT2D eigenvalue weighted by atomic mass is 9.80. The molecular weight excluding hydrogens is 220 g/mol. The molecule has 0 saturated heterocycles. The van der Waals surface area contributed by atoms with Gasteiger partial charge in [-0.2, -0.15) is 0 Å². The second-order valence-electron chi connectivity index (χ2n) is 4.84. The molecule has 0 aromatic carbocycles. The van der Waals surface area contributed by atoms with Crippen molar-refractivity contribution in [2.75, 3.05) is 12.8 Å². The Balaban J connectivity index is 2.27. The second-order valence-corrected chi connectivity index (χ2v) is 6.04. The zero-order valence-electron chi connectivity index (χ0n) is 10.2. The first-order valence-electron chi connectivity index (χ1n) is 5.86. The van der Waals surface area contributed by atoms with Crippen molar-refractivity contribution in [2.24, 2.45) is 5.92 Å². The topological polar surface area (TPSA) is 48.1 Å². The molecule has 2 N–H and O–H groups in total. The zero-order valence-corrected chi connectivity index (χ0v) is 11.1. The summed E-state index contributed by atoms with van der Waals surface area (Å²) in [6, 6.07) is 0. The number of aromatic nitrogens is 1. The van der Waals surface area contributed by atoms with Crippen LogP contribution in [0.5, 0.6) is 0 Å². The van der Waals surface area contributed by atoms with Gasteiger partial charge in [0.1, 0.15) is 16.4 Å². The van der Waals surface area contributed by atoms with Gasteiger partial charge in [0.25, 0.3) is 0 Å². The number of methoxy groups -OCH3 is 1. The van der Waals surface area contributed by atoms with E-state index in [4.69, 9.17) is 10.5 Å². The molecule has 0 amide bonds. The Bertz CT molecular complexity index is 348. The van der Waals surface area contributed by atoms with Gasteiger partial charge in [-0.3, -0.25) is 0 Å². The van der Waals surface area contributed by atoms with E-state index in [2.05, 4.69) is 11.9 Å². The molecule has 4 heteroatoms. The lowest BCUT2D eigenvalue weighted by Crippen LogP contribution is -2.33. The van der Waals surface area contributed by atoms with Crippen molar-refractivity contribution in [1.29, 1.82) is 0 Å². The molecule has 0 unspecified atom stereocenters. The van der Waals surface area contributed by atoms with Crippen LogP contribution in [0.15, 0.2) is 0 Å². The van der Waals surface area contributed by atoms with E-state index >= 15 is 0 Å². The van der Waals surface area contributed by atoms with Crippen LogP contribution in [0.3, 0.4) is 0 Å². The summed E-state index contributed by atoms with van der Waals surface area (Å²) >= 11 is 1.68. The van der Waals surface area contributed by atoms with E-state index in [1.807, 2.05) is 6.92 Å². The predicted molar refractivity (Wildman–Crippen MR) is 67.6 cm³/mol. The summed E-state index contributed by atoms with van der Waals surface area (Å²) in [7, 11) is 1.79. The van der Waals surface area contributed by atoms with Crippen LogP contribution in [-0.4, -0.2) is 12.1 Å². The maximum atomic E-state index is 5.83. The molecule has 16 heavy (non-hydrogen) atoms. The molecule has 1 aromatic heterocycles. The second kappa shape index (κ2) is 4.34. The number of thiazole rings is 1. The largest absolute Gasteiger partial charge is 0.383 e. The van der Waals surface area contributed by atoms with Gasteiger partial charge in [0.15, 0.2) is 0 Å². The van der Waals surface area contributed by atoms with Gasteiger partial charge < -0.3 is 10.5 Å². The monoisotopic (exact) mass is 240 g/mol. The SMILES string of the molecule is COC1(c2nc(N)c(C)s2)CCC(C)CC1. The highest BCUT2D eigenvalue weighted by Crippen LogP contribution is 2.44. The van der Waals surface area contributed by atoms with Gasteiger partial charge in [-0.1, -0.05) is 6.92 Å². The maximum absolute atomic E-state index is 5.83.